The van der Waals surface area contributed by atoms with E-state index in [9.17, 15) is 9.59 Å². The molecule has 0 aromatic heterocycles. The molecule has 5 nitrogen and oxygen atoms in total. The summed E-state index contributed by atoms with van der Waals surface area (Å²) in [4.78, 5) is 30.3. The largest absolute Gasteiger partial charge is 0.323 e. The highest BCUT2D eigenvalue weighted by atomic mass is 32.1. The Morgan fingerprint density at radius 3 is 2.25 bits per heavy atom. The van der Waals surface area contributed by atoms with Crippen LogP contribution in [0, 0.1) is 10.4 Å². The molecule has 0 spiro atoms. The standard InChI is InChI=1S/C18H11N3O2S/c19-21-16-11-3-1-2-4-12(11)17(22)13-14(16)18(23)20-15(13)9-5-7-10(24)8-6-9/h1-8,24H,19H2. The normalized spacial score (nSPS) is 12.3. The van der Waals surface area contributed by atoms with Crippen molar-refractivity contribution in [3.05, 3.63) is 84.9 Å². The Bertz CT molecular complexity index is 1300. The number of benzene rings is 2. The Balaban J connectivity index is 2.33. The van der Waals surface area contributed by atoms with Gasteiger partial charge in [-0.25, -0.2) is 4.98 Å². The molecule has 4 rings (SSSR count). The van der Waals surface area contributed by atoms with Crippen LogP contribution >= 0.6 is 12.6 Å². The third kappa shape index (κ3) is 1.97. The fourth-order valence-electron chi connectivity index (χ4n) is 3.00. The molecule has 24 heavy (non-hydrogen) atoms. The van der Waals surface area contributed by atoms with Crippen molar-refractivity contribution in [3.63, 3.8) is 0 Å². The molecule has 1 aliphatic heterocycles. The molecule has 2 aromatic rings. The van der Waals surface area contributed by atoms with E-state index in [0.29, 0.717) is 27.4 Å². The quantitative estimate of drug-likeness (QED) is 0.312. The van der Waals surface area contributed by atoms with E-state index in [-0.39, 0.29) is 15.9 Å². The van der Waals surface area contributed by atoms with Crippen molar-refractivity contribution in [2.75, 3.05) is 0 Å². The molecule has 6 heteroatoms. The summed E-state index contributed by atoms with van der Waals surface area (Å²) >= 11 is 4.25. The van der Waals surface area contributed by atoms with Crippen LogP contribution in [0.1, 0.15) is 0 Å². The van der Waals surface area contributed by atoms with Gasteiger partial charge in [0.1, 0.15) is 5.36 Å². The number of aromatic nitrogens is 1. The molecule has 0 saturated heterocycles. The van der Waals surface area contributed by atoms with Gasteiger partial charge in [-0.3, -0.25) is 9.59 Å². The first-order chi connectivity index (χ1) is 11.6. The van der Waals surface area contributed by atoms with E-state index in [0.717, 1.165) is 4.90 Å². The number of hydrogen-bond acceptors (Lipinski definition) is 6. The van der Waals surface area contributed by atoms with Gasteiger partial charge in [0.15, 0.2) is 5.43 Å². The van der Waals surface area contributed by atoms with Crippen LogP contribution < -0.4 is 22.2 Å². The van der Waals surface area contributed by atoms with Crippen molar-refractivity contribution in [2.45, 2.75) is 4.90 Å². The average molecular weight is 333 g/mol. The zero-order valence-electron chi connectivity index (χ0n) is 12.4. The smallest absolute Gasteiger partial charge is 0.280 e. The lowest BCUT2D eigenvalue weighted by atomic mass is 10.0. The fraction of sp³-hybridized carbons (Fsp3) is 0. The average Bonchev–Trinajstić information content (AvgIpc) is 2.94. The van der Waals surface area contributed by atoms with Crippen LogP contribution in [0.2, 0.25) is 0 Å². The van der Waals surface area contributed by atoms with Crippen LogP contribution in [0.5, 0.6) is 0 Å². The summed E-state index contributed by atoms with van der Waals surface area (Å²) in [6.45, 7) is 0. The summed E-state index contributed by atoms with van der Waals surface area (Å²) in [6.07, 6.45) is 0. The summed E-state index contributed by atoms with van der Waals surface area (Å²) in [5.41, 5.74) is 0.286. The van der Waals surface area contributed by atoms with Crippen molar-refractivity contribution >= 4 is 23.4 Å². The van der Waals surface area contributed by atoms with Gasteiger partial charge in [-0.1, -0.05) is 36.4 Å². The van der Waals surface area contributed by atoms with Crippen molar-refractivity contribution in [2.24, 2.45) is 10.9 Å². The van der Waals surface area contributed by atoms with Crippen LogP contribution in [0.3, 0.4) is 0 Å². The number of nitrogens with zero attached hydrogens (tertiary/aromatic N) is 2. The number of rotatable bonds is 1. The molecular weight excluding hydrogens is 322 g/mol. The predicted octanol–water partition coefficient (Wildman–Crippen LogP) is 1.29. The second kappa shape index (κ2) is 5.28. The van der Waals surface area contributed by atoms with Crippen molar-refractivity contribution in [1.82, 2.24) is 4.98 Å². The van der Waals surface area contributed by atoms with Crippen molar-refractivity contribution in [1.29, 1.82) is 0 Å². The molecule has 116 valence electrons. The molecule has 0 amide bonds. The van der Waals surface area contributed by atoms with E-state index in [1.807, 2.05) is 0 Å². The number of thiol groups is 1. The van der Waals surface area contributed by atoms with Crippen LogP contribution in [-0.2, 0) is 0 Å². The van der Waals surface area contributed by atoms with Crippen LogP contribution in [0.25, 0.3) is 22.0 Å². The monoisotopic (exact) mass is 333 g/mol. The summed E-state index contributed by atoms with van der Waals surface area (Å²) in [7, 11) is 0. The molecule has 0 atom stereocenters. The fourth-order valence-corrected chi connectivity index (χ4v) is 3.15. The Morgan fingerprint density at radius 2 is 1.58 bits per heavy atom. The maximum absolute atomic E-state index is 13.0. The molecule has 2 aromatic carbocycles. The first-order valence-electron chi connectivity index (χ1n) is 7.21. The summed E-state index contributed by atoms with van der Waals surface area (Å²) in [5, 5.41) is 5.51. The highest BCUT2D eigenvalue weighted by Gasteiger charge is 2.16. The van der Waals surface area contributed by atoms with Crippen LogP contribution in [-0.4, -0.2) is 4.98 Å². The van der Waals surface area contributed by atoms with Gasteiger partial charge in [0, 0.05) is 21.2 Å². The minimum absolute atomic E-state index is 0.172. The van der Waals surface area contributed by atoms with Gasteiger partial charge in [-0.05, 0) is 12.1 Å². The zero-order chi connectivity index (χ0) is 16.8. The van der Waals surface area contributed by atoms with E-state index >= 15 is 0 Å². The Morgan fingerprint density at radius 1 is 0.917 bits per heavy atom. The van der Waals surface area contributed by atoms with Gasteiger partial charge in [0.2, 0.25) is 0 Å². The molecule has 2 aliphatic rings. The first-order valence-corrected chi connectivity index (χ1v) is 7.66. The van der Waals surface area contributed by atoms with Gasteiger partial charge < -0.3 is 5.84 Å². The predicted molar refractivity (Wildman–Crippen MR) is 94.4 cm³/mol. The molecule has 0 radical (unpaired) electrons. The third-order valence-electron chi connectivity index (χ3n) is 4.07. The highest BCUT2D eigenvalue weighted by molar-refractivity contribution is 7.80. The van der Waals surface area contributed by atoms with Gasteiger partial charge in [-0.15, -0.1) is 12.6 Å². The molecule has 1 aliphatic carbocycles. The summed E-state index contributed by atoms with van der Waals surface area (Å²) < 4.78 is 0. The van der Waals surface area contributed by atoms with Crippen molar-refractivity contribution < 1.29 is 0 Å². The Hall–Kier alpha value is -2.99. The summed E-state index contributed by atoms with van der Waals surface area (Å²) in [6, 6.07) is 14.1. The maximum atomic E-state index is 13.0. The molecule has 0 saturated carbocycles. The molecule has 1 heterocycles. The van der Waals surface area contributed by atoms with Crippen molar-refractivity contribution in [3.8, 4) is 11.3 Å². The minimum Gasteiger partial charge on any atom is -0.323 e. The second-order valence-electron chi connectivity index (χ2n) is 5.41. The molecular formula is C18H11N3O2S. The van der Waals surface area contributed by atoms with E-state index < -0.39 is 5.56 Å². The molecule has 0 bridgehead atoms. The van der Waals surface area contributed by atoms with Gasteiger partial charge in [0.25, 0.3) is 5.56 Å². The lowest BCUT2D eigenvalue weighted by Crippen LogP contribution is -2.21. The number of fused-ring (bicyclic) bond motifs is 1. The Labute approximate surface area is 140 Å². The Kier molecular flexibility index (Phi) is 3.21. The lowest BCUT2D eigenvalue weighted by Gasteiger charge is -2.00. The molecule has 0 fully saturated rings. The highest BCUT2D eigenvalue weighted by Crippen LogP contribution is 2.19. The van der Waals surface area contributed by atoms with Crippen LogP contribution in [0.15, 0.2) is 68.1 Å². The lowest BCUT2D eigenvalue weighted by molar-refractivity contribution is 1.13. The van der Waals surface area contributed by atoms with Gasteiger partial charge >= 0.3 is 0 Å². The SMILES string of the molecule is NN=c1c2c(=O)nc(-c3ccc(S)cc3)c=2c(=O)c2ccccc12. The van der Waals surface area contributed by atoms with E-state index in [1.165, 1.54) is 0 Å². The van der Waals surface area contributed by atoms with E-state index in [2.05, 4.69) is 22.7 Å². The van der Waals surface area contributed by atoms with E-state index in [4.69, 9.17) is 5.84 Å². The zero-order valence-corrected chi connectivity index (χ0v) is 13.2. The molecule has 0 unspecified atom stereocenters. The van der Waals surface area contributed by atoms with E-state index in [1.54, 1.807) is 48.5 Å². The molecule has 2 N–H and O–H groups in total. The van der Waals surface area contributed by atoms with Gasteiger partial charge in [-0.2, -0.15) is 5.10 Å². The minimum atomic E-state index is -0.498. The topological polar surface area (TPSA) is 85.4 Å². The third-order valence-corrected chi connectivity index (χ3v) is 4.37. The van der Waals surface area contributed by atoms with Gasteiger partial charge in [0.05, 0.1) is 16.1 Å². The number of nitrogens with two attached hydrogens (primary N) is 1. The maximum Gasteiger partial charge on any atom is 0.280 e. The first kappa shape index (κ1) is 14.6. The second-order valence-corrected chi connectivity index (χ2v) is 5.93. The van der Waals surface area contributed by atoms with Crippen LogP contribution in [0.4, 0.5) is 0 Å². The number of hydrogen-bond donors (Lipinski definition) is 2. The summed E-state index contributed by atoms with van der Waals surface area (Å²) in [5.74, 6) is 5.51.